The third-order valence-electron chi connectivity index (χ3n) is 2.43. The van der Waals surface area contributed by atoms with E-state index in [1.165, 1.54) is 5.57 Å². The van der Waals surface area contributed by atoms with Crippen LogP contribution < -0.4 is 5.32 Å². The second-order valence-electron chi connectivity index (χ2n) is 3.52. The number of hydrogen-bond donors (Lipinski definition) is 1. The van der Waals surface area contributed by atoms with Crippen LogP contribution in [0.2, 0.25) is 0 Å². The van der Waals surface area contributed by atoms with Crippen LogP contribution in [0.25, 0.3) is 0 Å². The van der Waals surface area contributed by atoms with Crippen LogP contribution >= 0.6 is 0 Å². The molecule has 0 saturated carbocycles. The van der Waals surface area contributed by atoms with Gasteiger partial charge >= 0.3 is 0 Å². The molecule has 0 aliphatic heterocycles. The fourth-order valence-corrected chi connectivity index (χ4v) is 1.40. The van der Waals surface area contributed by atoms with E-state index >= 15 is 0 Å². The molecule has 14 heavy (non-hydrogen) atoms. The van der Waals surface area contributed by atoms with Crippen LogP contribution in [0, 0.1) is 0 Å². The summed E-state index contributed by atoms with van der Waals surface area (Å²) in [4.78, 5) is 10.7. The monoisotopic (exact) mass is 191 g/mol. The first kappa shape index (κ1) is 10.9. The van der Waals surface area contributed by atoms with Gasteiger partial charge in [-0.2, -0.15) is 0 Å². The zero-order chi connectivity index (χ0) is 10.4. The Morgan fingerprint density at radius 1 is 1.50 bits per heavy atom. The zero-order valence-electron chi connectivity index (χ0n) is 8.84. The van der Waals surface area contributed by atoms with Crippen molar-refractivity contribution in [2.45, 2.75) is 19.8 Å². The molecule has 0 heterocycles. The highest BCUT2D eigenvalue weighted by molar-refractivity contribution is 5.79. The maximum atomic E-state index is 10.7. The average Bonchev–Trinajstić information content (AvgIpc) is 2.37. The number of nitrogens with one attached hydrogen (secondary N) is 1. The Hall–Kier alpha value is -1.15. The number of allylic oxidation sites excluding steroid dienone is 5. The summed E-state index contributed by atoms with van der Waals surface area (Å²) >= 11 is 0. The molecule has 0 unspecified atom stereocenters. The lowest BCUT2D eigenvalue weighted by Gasteiger charge is -1.99. The van der Waals surface area contributed by atoms with E-state index in [0.29, 0.717) is 0 Å². The van der Waals surface area contributed by atoms with Crippen molar-refractivity contribution in [3.05, 3.63) is 34.9 Å². The maximum absolute atomic E-state index is 10.7. The van der Waals surface area contributed by atoms with Gasteiger partial charge in [-0.05, 0) is 33.4 Å². The summed E-state index contributed by atoms with van der Waals surface area (Å²) < 4.78 is 0. The number of hydrogen-bond acceptors (Lipinski definition) is 2. The van der Waals surface area contributed by atoms with Gasteiger partial charge in [0, 0.05) is 5.57 Å². The third-order valence-corrected chi connectivity index (χ3v) is 2.43. The minimum Gasteiger partial charge on any atom is -0.319 e. The molecule has 0 bridgehead atoms. The highest BCUT2D eigenvalue weighted by Gasteiger charge is 2.02. The fourth-order valence-electron chi connectivity index (χ4n) is 1.40. The van der Waals surface area contributed by atoms with E-state index < -0.39 is 0 Å². The predicted molar refractivity (Wildman–Crippen MR) is 59.1 cm³/mol. The largest absolute Gasteiger partial charge is 0.319 e. The van der Waals surface area contributed by atoms with E-state index in [-0.39, 0.29) is 0 Å². The molecule has 0 aromatic carbocycles. The predicted octanol–water partition coefficient (Wildman–Crippen LogP) is 2.00. The summed E-state index contributed by atoms with van der Waals surface area (Å²) in [6.45, 7) is 2.98. The van der Waals surface area contributed by atoms with Gasteiger partial charge in [-0.25, -0.2) is 0 Å². The van der Waals surface area contributed by atoms with Crippen LogP contribution in [0.15, 0.2) is 34.9 Å². The second-order valence-corrected chi connectivity index (χ2v) is 3.52. The third kappa shape index (κ3) is 2.96. The summed E-state index contributed by atoms with van der Waals surface area (Å²) in [6, 6.07) is 0. The minimum absolute atomic E-state index is 0.820. The molecule has 0 fully saturated rings. The molecule has 0 aromatic heterocycles. The molecular weight excluding hydrogens is 174 g/mol. The van der Waals surface area contributed by atoms with Gasteiger partial charge in [0.1, 0.15) is 6.29 Å². The Morgan fingerprint density at radius 2 is 2.29 bits per heavy atom. The molecule has 2 heteroatoms. The van der Waals surface area contributed by atoms with Crippen molar-refractivity contribution in [2.24, 2.45) is 0 Å². The van der Waals surface area contributed by atoms with Crippen LogP contribution in [-0.2, 0) is 4.79 Å². The SMILES string of the molecule is CNCCC1=CCC(C)=C(C=O)C=C1. The number of aldehydes is 1. The molecule has 1 aliphatic carbocycles. The van der Waals surface area contributed by atoms with Crippen molar-refractivity contribution >= 4 is 6.29 Å². The van der Waals surface area contributed by atoms with Gasteiger partial charge in [0.15, 0.2) is 0 Å². The Labute approximate surface area is 85.4 Å². The van der Waals surface area contributed by atoms with E-state index in [2.05, 4.69) is 11.4 Å². The number of carbonyl (C=O) groups excluding carboxylic acids is 1. The minimum atomic E-state index is 0.820. The molecule has 0 radical (unpaired) electrons. The Bertz CT molecular complexity index is 297. The van der Waals surface area contributed by atoms with Crippen LogP contribution in [-0.4, -0.2) is 19.9 Å². The van der Waals surface area contributed by atoms with Crippen molar-refractivity contribution in [1.82, 2.24) is 5.32 Å². The van der Waals surface area contributed by atoms with E-state index in [9.17, 15) is 4.79 Å². The topological polar surface area (TPSA) is 29.1 Å². The van der Waals surface area contributed by atoms with Crippen molar-refractivity contribution in [2.75, 3.05) is 13.6 Å². The number of rotatable bonds is 4. The molecule has 0 spiro atoms. The van der Waals surface area contributed by atoms with E-state index in [4.69, 9.17) is 0 Å². The summed E-state index contributed by atoms with van der Waals surface area (Å²) in [7, 11) is 1.95. The molecule has 0 saturated heterocycles. The molecule has 0 aromatic rings. The van der Waals surface area contributed by atoms with Gasteiger partial charge in [0.2, 0.25) is 0 Å². The van der Waals surface area contributed by atoms with Gasteiger partial charge in [0.25, 0.3) is 0 Å². The summed E-state index contributed by atoms with van der Waals surface area (Å²) in [5, 5.41) is 3.11. The van der Waals surface area contributed by atoms with Gasteiger partial charge in [-0.15, -0.1) is 0 Å². The zero-order valence-corrected chi connectivity index (χ0v) is 8.84. The number of carbonyl (C=O) groups is 1. The standard InChI is InChI=1S/C12H17NO/c1-10-3-4-11(7-8-13-2)5-6-12(10)9-14/h4-6,9,13H,3,7-8H2,1-2H3. The van der Waals surface area contributed by atoms with Crippen LogP contribution in [0.1, 0.15) is 19.8 Å². The lowest BCUT2D eigenvalue weighted by atomic mass is 10.1. The van der Waals surface area contributed by atoms with Crippen molar-refractivity contribution in [3.63, 3.8) is 0 Å². The highest BCUT2D eigenvalue weighted by Crippen LogP contribution is 2.17. The Kier molecular flexibility index (Phi) is 4.33. The van der Waals surface area contributed by atoms with Gasteiger partial charge in [0.05, 0.1) is 0 Å². The fraction of sp³-hybridized carbons (Fsp3) is 0.417. The maximum Gasteiger partial charge on any atom is 0.150 e. The smallest absolute Gasteiger partial charge is 0.150 e. The van der Waals surface area contributed by atoms with Crippen molar-refractivity contribution in [1.29, 1.82) is 0 Å². The highest BCUT2D eigenvalue weighted by atomic mass is 16.1. The van der Waals surface area contributed by atoms with E-state index in [1.807, 2.05) is 26.1 Å². The lowest BCUT2D eigenvalue weighted by molar-refractivity contribution is -0.104. The average molecular weight is 191 g/mol. The first-order valence-corrected chi connectivity index (χ1v) is 4.94. The molecule has 0 atom stereocenters. The normalized spacial score (nSPS) is 16.6. The second kappa shape index (κ2) is 5.55. The van der Waals surface area contributed by atoms with Crippen molar-refractivity contribution < 1.29 is 4.79 Å². The first-order valence-electron chi connectivity index (χ1n) is 4.94. The molecule has 76 valence electrons. The molecule has 0 amide bonds. The molecular formula is C12H17NO. The molecule has 2 nitrogen and oxygen atoms in total. The molecule has 1 aliphatic rings. The molecule has 1 N–H and O–H groups in total. The van der Waals surface area contributed by atoms with Crippen LogP contribution in [0.4, 0.5) is 0 Å². The lowest BCUT2D eigenvalue weighted by Crippen LogP contribution is -2.07. The summed E-state index contributed by atoms with van der Waals surface area (Å²) in [5.41, 5.74) is 3.27. The van der Waals surface area contributed by atoms with Crippen LogP contribution in [0.3, 0.4) is 0 Å². The van der Waals surface area contributed by atoms with E-state index in [1.54, 1.807) is 0 Å². The van der Waals surface area contributed by atoms with Crippen LogP contribution in [0.5, 0.6) is 0 Å². The van der Waals surface area contributed by atoms with Crippen molar-refractivity contribution in [3.8, 4) is 0 Å². The Morgan fingerprint density at radius 3 is 2.93 bits per heavy atom. The first-order chi connectivity index (χ1) is 6.77. The van der Waals surface area contributed by atoms with Gasteiger partial charge < -0.3 is 5.32 Å². The van der Waals surface area contributed by atoms with E-state index in [0.717, 1.165) is 36.8 Å². The van der Waals surface area contributed by atoms with Gasteiger partial charge in [-0.1, -0.05) is 29.4 Å². The quantitative estimate of drug-likeness (QED) is 0.689. The Balaban J connectivity index is 2.67. The molecule has 1 rings (SSSR count). The summed E-state index contributed by atoms with van der Waals surface area (Å²) in [5.74, 6) is 0. The van der Waals surface area contributed by atoms with Gasteiger partial charge in [-0.3, -0.25) is 4.79 Å². The summed E-state index contributed by atoms with van der Waals surface area (Å²) in [6.07, 6.45) is 8.99.